The number of allylic oxidation sites excluding steroid dienone is 2. The maximum absolute atomic E-state index is 14.9. The Bertz CT molecular complexity index is 2740. The summed E-state index contributed by atoms with van der Waals surface area (Å²) in [5, 5.41) is 37.4. The molecule has 348 valence electrons. The van der Waals surface area contributed by atoms with Gasteiger partial charge in [0.05, 0.1) is 46.9 Å². The number of hydrogen-bond donors (Lipinski definition) is 4. The predicted octanol–water partition coefficient (Wildman–Crippen LogP) is 6.45. The Morgan fingerprint density at radius 2 is 1.55 bits per heavy atom. The van der Waals surface area contributed by atoms with Crippen LogP contribution in [0.25, 0.3) is 33.3 Å². The van der Waals surface area contributed by atoms with Gasteiger partial charge in [-0.25, -0.2) is 4.98 Å². The molecule has 9 atom stereocenters. The fourth-order valence-corrected chi connectivity index (χ4v) is 9.74. The van der Waals surface area contributed by atoms with Crippen LogP contribution in [0.5, 0.6) is 11.5 Å². The van der Waals surface area contributed by atoms with Crippen molar-refractivity contribution in [2.24, 2.45) is 23.7 Å². The van der Waals surface area contributed by atoms with Crippen molar-refractivity contribution in [2.45, 2.75) is 99.4 Å². The van der Waals surface area contributed by atoms with Gasteiger partial charge in [0, 0.05) is 99.5 Å². The number of methoxy groups -OCH3 is 1. The van der Waals surface area contributed by atoms with E-state index >= 15 is 0 Å². The molecule has 16 nitrogen and oxygen atoms in total. The number of fused-ring (bicyclic) bond motifs is 3. The monoisotopic (exact) mass is 896 g/mol. The lowest BCUT2D eigenvalue weighted by molar-refractivity contribution is -0.160. The van der Waals surface area contributed by atoms with Gasteiger partial charge in [-0.1, -0.05) is 45.9 Å². The second-order valence-electron chi connectivity index (χ2n) is 18.2. The zero-order chi connectivity index (χ0) is 47.7. The van der Waals surface area contributed by atoms with Gasteiger partial charge < -0.3 is 53.8 Å². The Morgan fingerprint density at radius 3 is 2.18 bits per heavy atom. The third kappa shape index (κ3) is 7.78. The molecule has 7 rings (SSSR count). The van der Waals surface area contributed by atoms with Crippen LogP contribution in [-0.4, -0.2) is 102 Å². The highest BCUT2D eigenvalue weighted by Gasteiger charge is 2.50. The first kappa shape index (κ1) is 47.0. The quantitative estimate of drug-likeness (QED) is 0.0968. The Hall–Kier alpha value is -5.97. The second kappa shape index (κ2) is 17.4. The fourth-order valence-electron chi connectivity index (χ4n) is 9.74. The summed E-state index contributed by atoms with van der Waals surface area (Å²) in [6.45, 7) is 18.0. The number of phenols is 1. The number of anilines is 3. The highest BCUT2D eigenvalue weighted by molar-refractivity contribution is 6.22. The number of aryl methyl sites for hydroxylation is 2. The highest BCUT2D eigenvalue weighted by atomic mass is 16.7. The van der Waals surface area contributed by atoms with Gasteiger partial charge in [-0.3, -0.25) is 19.2 Å². The number of Topliss-reactive ketones (excluding diaryl/α,β-unsaturated/α-hetero) is 1. The number of ketones is 1. The standard InChI is InChI=1S/C49H60N4O12/c1-21-15-14-16-22(2)48(60)51-36-42(58)32-31(35-46(36)64-45-25(5)38-37(24(4)34(45)50-35)52(11)18-19-53(38)12)33-44(28(8)41(32)57)65-49(10,47(33)59)62-20-17-30(61-13)23(3)43(63-29(9)54)27(7)40(56)26(6)39(21)55/h14-17,20-21,23,26-27,30,39-40,43,55-57H,18-19H2,1-13H3,(H,51,60)/b15-14+,20-17+,22-16-/t21-,23+,26+,27+,30-,39-,40+,43+,49-/m0/s1. The lowest BCUT2D eigenvalue weighted by atomic mass is 9.78. The number of benzene rings is 3. The molecule has 0 radical (unpaired) electrons. The number of amides is 1. The van der Waals surface area contributed by atoms with Crippen molar-refractivity contribution in [1.82, 2.24) is 4.98 Å². The average molecular weight is 897 g/mol. The lowest BCUT2D eigenvalue weighted by Crippen LogP contribution is -2.46. The van der Waals surface area contributed by atoms with E-state index in [-0.39, 0.29) is 50.4 Å². The highest BCUT2D eigenvalue weighted by Crippen LogP contribution is 2.52. The van der Waals surface area contributed by atoms with Crippen LogP contribution in [0.15, 0.2) is 45.4 Å². The second-order valence-corrected chi connectivity index (χ2v) is 18.2. The van der Waals surface area contributed by atoms with Gasteiger partial charge >= 0.3 is 11.8 Å². The third-order valence-corrected chi connectivity index (χ3v) is 13.7. The molecule has 4 N–H and O–H groups in total. The summed E-state index contributed by atoms with van der Waals surface area (Å²) in [6, 6.07) is 0. The average Bonchev–Trinajstić information content (AvgIpc) is 3.53. The summed E-state index contributed by atoms with van der Waals surface area (Å²) < 4.78 is 30.8. The molecule has 1 amide bonds. The van der Waals surface area contributed by atoms with Crippen LogP contribution >= 0.6 is 0 Å². The van der Waals surface area contributed by atoms with E-state index in [0.717, 1.165) is 35.6 Å². The van der Waals surface area contributed by atoms with Crippen LogP contribution in [0.1, 0.15) is 75.5 Å². The van der Waals surface area contributed by atoms with E-state index in [4.69, 9.17) is 28.3 Å². The molecule has 4 heterocycles. The van der Waals surface area contributed by atoms with Crippen LogP contribution in [-0.2, 0) is 23.8 Å². The van der Waals surface area contributed by atoms with Crippen molar-refractivity contribution in [3.8, 4) is 23.0 Å². The van der Waals surface area contributed by atoms with Gasteiger partial charge in [0.15, 0.2) is 11.3 Å². The van der Waals surface area contributed by atoms with Gasteiger partial charge in [-0.2, -0.15) is 0 Å². The number of likely N-dealkylation sites (N-methyl/N-ethyl adjacent to an activating group) is 2. The number of nitrogens with zero attached hydrogens (tertiary/aromatic N) is 3. The Labute approximate surface area is 377 Å². The number of aliphatic hydroxyl groups is 2. The number of aromatic nitrogens is 1. The first-order valence-corrected chi connectivity index (χ1v) is 21.9. The number of aliphatic hydroxyl groups excluding tert-OH is 2. The summed E-state index contributed by atoms with van der Waals surface area (Å²) in [5.41, 5.74) is 3.27. The molecule has 0 aromatic heterocycles. The molecule has 1 aliphatic carbocycles. The number of phenolic OH excluding ortho intramolecular Hbond substituents is 1. The van der Waals surface area contributed by atoms with E-state index in [0.29, 0.717) is 11.1 Å². The van der Waals surface area contributed by atoms with Crippen molar-refractivity contribution in [2.75, 3.05) is 49.4 Å². The fraction of sp³-hybridized carbons (Fsp3) is 0.490. The summed E-state index contributed by atoms with van der Waals surface area (Å²) in [7, 11) is 5.44. The molecule has 0 saturated carbocycles. The van der Waals surface area contributed by atoms with E-state index < -0.39 is 82.7 Å². The van der Waals surface area contributed by atoms with Crippen molar-refractivity contribution >= 4 is 56.6 Å². The Balaban J connectivity index is 1.50. The number of nitrogens with one attached hydrogen (secondary N) is 1. The van der Waals surface area contributed by atoms with Crippen LogP contribution in [0.2, 0.25) is 0 Å². The van der Waals surface area contributed by atoms with E-state index in [1.807, 2.05) is 27.9 Å². The molecular weight excluding hydrogens is 837 g/mol. The number of carbonyl (C=O) groups excluding carboxylic acids is 3. The number of carbonyl (C=O) groups is 3. The number of rotatable bonds is 2. The Kier molecular flexibility index (Phi) is 12.6. The summed E-state index contributed by atoms with van der Waals surface area (Å²) in [6.07, 6.45) is 3.69. The SMILES string of the molecule is CO[C@H]1/C=C/O[C@@]2(C)Oc3c(C)c(O)c4c(=O)c(c5oc6c(C)c7c(c(C)c6nc-5c4c3C2=O)N(C)CCN7C)NC(=O)/C(C)=C\C=C\[C@H](C)[C@H](O)[C@@H](C)[C@@H](O)[C@@H](C)[C@H](OC(C)=O)[C@@H]1C. The van der Waals surface area contributed by atoms with E-state index in [9.17, 15) is 34.5 Å². The molecule has 2 aromatic carbocycles. The van der Waals surface area contributed by atoms with Gasteiger partial charge in [0.2, 0.25) is 5.43 Å². The molecular formula is C49H60N4O12. The molecule has 2 aromatic rings. The van der Waals surface area contributed by atoms with Crippen molar-refractivity contribution in [3.05, 3.63) is 68.6 Å². The molecule has 4 bridgehead atoms. The number of hydrogen-bond acceptors (Lipinski definition) is 15. The summed E-state index contributed by atoms with van der Waals surface area (Å²) in [4.78, 5) is 65.8. The first-order valence-electron chi connectivity index (χ1n) is 21.9. The maximum Gasteiger partial charge on any atom is 0.312 e. The Morgan fingerprint density at radius 1 is 0.908 bits per heavy atom. The van der Waals surface area contributed by atoms with Crippen LogP contribution in [0.3, 0.4) is 0 Å². The molecule has 65 heavy (non-hydrogen) atoms. The molecule has 5 aliphatic rings. The largest absolute Gasteiger partial charge is 0.507 e. The van der Waals surface area contributed by atoms with Gasteiger partial charge in [-0.05, 0) is 33.8 Å². The predicted molar refractivity (Wildman–Crippen MR) is 247 cm³/mol. The van der Waals surface area contributed by atoms with Gasteiger partial charge in [0.1, 0.15) is 34.5 Å². The van der Waals surface area contributed by atoms with Crippen LogP contribution in [0.4, 0.5) is 17.1 Å². The number of esters is 1. The van der Waals surface area contributed by atoms with Crippen LogP contribution < -0.4 is 25.3 Å². The van der Waals surface area contributed by atoms with E-state index in [1.54, 1.807) is 46.8 Å². The van der Waals surface area contributed by atoms with Crippen molar-refractivity contribution in [3.63, 3.8) is 0 Å². The van der Waals surface area contributed by atoms with Gasteiger partial charge in [0.25, 0.3) is 11.7 Å². The zero-order valence-electron chi connectivity index (χ0n) is 39.3. The summed E-state index contributed by atoms with van der Waals surface area (Å²) >= 11 is 0. The maximum atomic E-state index is 14.9. The molecule has 0 unspecified atom stereocenters. The topological polar surface area (TPSA) is 210 Å². The minimum atomic E-state index is -2.04. The number of ether oxygens (including phenoxy) is 4. The zero-order valence-corrected chi connectivity index (χ0v) is 39.3. The summed E-state index contributed by atoms with van der Waals surface area (Å²) in [5.74, 6) is -7.12. The van der Waals surface area contributed by atoms with Crippen LogP contribution in [0, 0.1) is 44.4 Å². The van der Waals surface area contributed by atoms with Gasteiger partial charge in [-0.15, -0.1) is 0 Å². The first-order chi connectivity index (χ1) is 30.6. The smallest absolute Gasteiger partial charge is 0.312 e. The molecule has 16 heteroatoms. The molecule has 4 aliphatic heterocycles. The minimum absolute atomic E-state index is 0.0222. The molecule has 0 fully saturated rings. The number of aromatic hydroxyl groups is 1. The molecule has 0 saturated heterocycles. The minimum Gasteiger partial charge on any atom is -0.507 e. The van der Waals surface area contributed by atoms with E-state index in [2.05, 4.69) is 15.1 Å². The lowest BCUT2D eigenvalue weighted by Gasteiger charge is -2.38. The van der Waals surface area contributed by atoms with Crippen molar-refractivity contribution < 1.29 is 53.1 Å². The van der Waals surface area contributed by atoms with Crippen molar-refractivity contribution in [1.29, 1.82) is 0 Å². The third-order valence-electron chi connectivity index (χ3n) is 13.7. The molecule has 0 spiro atoms. The normalized spacial score (nSPS) is 29.6. The van der Waals surface area contributed by atoms with E-state index in [1.165, 1.54) is 46.3 Å².